The quantitative estimate of drug-likeness (QED) is 0.575. The first kappa shape index (κ1) is 11.5. The highest BCUT2D eigenvalue weighted by molar-refractivity contribution is 5.80. The Bertz CT molecular complexity index is 181. The zero-order valence-corrected chi connectivity index (χ0v) is 9.01. The van der Waals surface area contributed by atoms with Crippen molar-refractivity contribution in [1.82, 2.24) is 10.6 Å². The molecule has 14 heavy (non-hydrogen) atoms. The summed E-state index contributed by atoms with van der Waals surface area (Å²) in [5.41, 5.74) is 0. The van der Waals surface area contributed by atoms with Crippen LogP contribution in [0, 0.1) is 5.92 Å². The molecule has 0 saturated heterocycles. The largest absolute Gasteiger partial charge is 0.380 e. The average Bonchev–Trinajstić information content (AvgIpc) is 2.99. The zero-order chi connectivity index (χ0) is 10.4. The summed E-state index contributed by atoms with van der Waals surface area (Å²) in [4.78, 5) is 11.2. The summed E-state index contributed by atoms with van der Waals surface area (Å²) in [5, 5.41) is 6.11. The molecule has 82 valence electrons. The number of hydrogen-bond acceptors (Lipinski definition) is 3. The molecule has 1 aliphatic rings. The number of carbonyl (C=O) groups is 1. The van der Waals surface area contributed by atoms with E-state index < -0.39 is 0 Å². The van der Waals surface area contributed by atoms with Crippen LogP contribution in [0.5, 0.6) is 0 Å². The molecule has 0 heterocycles. The summed E-state index contributed by atoms with van der Waals surface area (Å²) in [5.74, 6) is 0.527. The maximum Gasteiger partial charge on any atom is 0.223 e. The molecule has 1 aliphatic carbocycles. The van der Waals surface area contributed by atoms with Gasteiger partial charge in [-0.15, -0.1) is 0 Å². The normalized spacial score (nSPS) is 17.9. The predicted molar refractivity (Wildman–Crippen MR) is 55.1 cm³/mol. The fraction of sp³-hybridized carbons (Fsp3) is 0.900. The summed E-state index contributed by atoms with van der Waals surface area (Å²) >= 11 is 0. The van der Waals surface area contributed by atoms with Crippen molar-refractivity contribution < 1.29 is 9.53 Å². The molecule has 2 N–H and O–H groups in total. The van der Waals surface area contributed by atoms with E-state index in [0.29, 0.717) is 12.5 Å². The third-order valence-electron chi connectivity index (χ3n) is 2.38. The molecule has 0 bridgehead atoms. The van der Waals surface area contributed by atoms with Crippen LogP contribution in [0.1, 0.15) is 19.8 Å². The van der Waals surface area contributed by atoms with Gasteiger partial charge in [-0.05, 0) is 19.8 Å². The van der Waals surface area contributed by atoms with E-state index in [4.69, 9.17) is 4.74 Å². The van der Waals surface area contributed by atoms with Crippen LogP contribution in [0.15, 0.2) is 0 Å². The smallest absolute Gasteiger partial charge is 0.223 e. The molecular formula is C10H20N2O2. The Labute approximate surface area is 85.4 Å². The second-order valence-corrected chi connectivity index (χ2v) is 3.82. The number of nitrogens with one attached hydrogen (secondary N) is 2. The first-order chi connectivity index (χ1) is 6.74. The van der Waals surface area contributed by atoms with E-state index in [-0.39, 0.29) is 12.0 Å². The Morgan fingerprint density at radius 2 is 2.21 bits per heavy atom. The van der Waals surface area contributed by atoms with Crippen molar-refractivity contribution in [2.24, 2.45) is 5.92 Å². The van der Waals surface area contributed by atoms with Crippen molar-refractivity contribution in [2.45, 2.75) is 25.9 Å². The van der Waals surface area contributed by atoms with E-state index >= 15 is 0 Å². The van der Waals surface area contributed by atoms with Crippen LogP contribution >= 0.6 is 0 Å². The minimum absolute atomic E-state index is 0.214. The van der Waals surface area contributed by atoms with Gasteiger partial charge in [-0.25, -0.2) is 0 Å². The summed E-state index contributed by atoms with van der Waals surface area (Å²) < 4.78 is 5.08. The van der Waals surface area contributed by atoms with E-state index in [1.54, 1.807) is 7.11 Å². The standard InChI is InChI=1S/C10H20N2O2/c1-8(14-2)7-11-5-6-12-10(13)9-3-4-9/h8-9,11H,3-7H2,1-2H3,(H,12,13). The van der Waals surface area contributed by atoms with Crippen molar-refractivity contribution in [3.05, 3.63) is 0 Å². The minimum Gasteiger partial charge on any atom is -0.380 e. The third kappa shape index (κ3) is 4.58. The summed E-state index contributed by atoms with van der Waals surface area (Å²) in [6.07, 6.45) is 2.37. The van der Waals surface area contributed by atoms with Crippen molar-refractivity contribution in [3.8, 4) is 0 Å². The zero-order valence-electron chi connectivity index (χ0n) is 9.01. The molecule has 4 nitrogen and oxygen atoms in total. The number of carbonyl (C=O) groups excluding carboxylic acids is 1. The fourth-order valence-electron chi connectivity index (χ4n) is 1.15. The predicted octanol–water partition coefficient (Wildman–Crippen LogP) is 0.137. The Morgan fingerprint density at radius 3 is 2.79 bits per heavy atom. The van der Waals surface area contributed by atoms with E-state index in [2.05, 4.69) is 10.6 Å². The summed E-state index contributed by atoms with van der Waals surface area (Å²) in [6, 6.07) is 0. The second-order valence-electron chi connectivity index (χ2n) is 3.82. The lowest BCUT2D eigenvalue weighted by atomic mass is 10.4. The highest BCUT2D eigenvalue weighted by Crippen LogP contribution is 2.28. The number of methoxy groups -OCH3 is 1. The van der Waals surface area contributed by atoms with Crippen molar-refractivity contribution >= 4 is 5.91 Å². The summed E-state index contributed by atoms with van der Waals surface area (Å²) in [6.45, 7) is 4.36. The SMILES string of the molecule is COC(C)CNCCNC(=O)C1CC1. The highest BCUT2D eigenvalue weighted by Gasteiger charge is 2.28. The number of hydrogen-bond donors (Lipinski definition) is 2. The molecule has 1 fully saturated rings. The molecule has 0 radical (unpaired) electrons. The van der Waals surface area contributed by atoms with Gasteiger partial charge >= 0.3 is 0 Å². The molecule has 0 aromatic rings. The van der Waals surface area contributed by atoms with Crippen LogP contribution in [0.3, 0.4) is 0 Å². The van der Waals surface area contributed by atoms with Gasteiger partial charge in [0.1, 0.15) is 0 Å². The number of ether oxygens (including phenoxy) is 1. The van der Waals surface area contributed by atoms with E-state index in [1.165, 1.54) is 0 Å². The molecule has 1 amide bonds. The van der Waals surface area contributed by atoms with Crippen LogP contribution in [0.25, 0.3) is 0 Å². The molecule has 1 rings (SSSR count). The average molecular weight is 200 g/mol. The van der Waals surface area contributed by atoms with Crippen LogP contribution in [0.4, 0.5) is 0 Å². The monoisotopic (exact) mass is 200 g/mol. The van der Waals surface area contributed by atoms with Gasteiger partial charge in [0, 0.05) is 32.7 Å². The van der Waals surface area contributed by atoms with E-state index in [9.17, 15) is 4.79 Å². The Morgan fingerprint density at radius 1 is 1.50 bits per heavy atom. The van der Waals surface area contributed by atoms with Gasteiger partial charge in [0.15, 0.2) is 0 Å². The van der Waals surface area contributed by atoms with Gasteiger partial charge < -0.3 is 15.4 Å². The second kappa shape index (κ2) is 5.98. The molecule has 0 aliphatic heterocycles. The maximum absolute atomic E-state index is 11.2. The molecule has 4 heteroatoms. The number of amides is 1. The molecule has 1 unspecified atom stereocenters. The molecule has 1 saturated carbocycles. The molecule has 1 atom stereocenters. The summed E-state index contributed by atoms with van der Waals surface area (Å²) in [7, 11) is 1.70. The Hall–Kier alpha value is -0.610. The van der Waals surface area contributed by atoms with Crippen molar-refractivity contribution in [1.29, 1.82) is 0 Å². The lowest BCUT2D eigenvalue weighted by molar-refractivity contribution is -0.122. The van der Waals surface area contributed by atoms with Crippen LogP contribution < -0.4 is 10.6 Å². The van der Waals surface area contributed by atoms with Gasteiger partial charge in [0.25, 0.3) is 0 Å². The molecule has 0 spiro atoms. The van der Waals surface area contributed by atoms with Gasteiger partial charge in [-0.2, -0.15) is 0 Å². The van der Waals surface area contributed by atoms with Gasteiger partial charge in [-0.1, -0.05) is 0 Å². The Balaban J connectivity index is 1.86. The topological polar surface area (TPSA) is 50.4 Å². The highest BCUT2D eigenvalue weighted by atomic mass is 16.5. The van der Waals surface area contributed by atoms with Gasteiger partial charge in [0.05, 0.1) is 6.10 Å². The van der Waals surface area contributed by atoms with Crippen LogP contribution in [-0.4, -0.2) is 38.8 Å². The lowest BCUT2D eigenvalue weighted by Gasteiger charge is -2.10. The maximum atomic E-state index is 11.2. The van der Waals surface area contributed by atoms with Crippen molar-refractivity contribution in [2.75, 3.05) is 26.7 Å². The molecule has 0 aromatic carbocycles. The molecule has 0 aromatic heterocycles. The van der Waals surface area contributed by atoms with Gasteiger partial charge in [-0.3, -0.25) is 4.79 Å². The van der Waals surface area contributed by atoms with Crippen LogP contribution in [-0.2, 0) is 9.53 Å². The van der Waals surface area contributed by atoms with E-state index in [0.717, 1.165) is 25.9 Å². The van der Waals surface area contributed by atoms with Gasteiger partial charge in [0.2, 0.25) is 5.91 Å². The van der Waals surface area contributed by atoms with Crippen molar-refractivity contribution in [3.63, 3.8) is 0 Å². The number of rotatable bonds is 7. The van der Waals surface area contributed by atoms with E-state index in [1.807, 2.05) is 6.92 Å². The first-order valence-corrected chi connectivity index (χ1v) is 5.25. The fourth-order valence-corrected chi connectivity index (χ4v) is 1.15. The Kier molecular flexibility index (Phi) is 4.90. The first-order valence-electron chi connectivity index (χ1n) is 5.25. The third-order valence-corrected chi connectivity index (χ3v) is 2.38. The molecular weight excluding hydrogens is 180 g/mol. The minimum atomic E-state index is 0.214. The lowest BCUT2D eigenvalue weighted by Crippen LogP contribution is -2.35. The van der Waals surface area contributed by atoms with Crippen LogP contribution in [0.2, 0.25) is 0 Å².